The van der Waals surface area contributed by atoms with Gasteiger partial charge in [-0.15, -0.1) is 0 Å². The zero-order valence-corrected chi connectivity index (χ0v) is 33.7. The number of carbonyl (C=O) groups is 8. The van der Waals surface area contributed by atoms with Gasteiger partial charge >= 0.3 is 5.97 Å². The van der Waals surface area contributed by atoms with Crippen molar-refractivity contribution < 1.29 is 43.5 Å². The Morgan fingerprint density at radius 1 is 0.845 bits per heavy atom. The molecular formula is C43H54N6O9. The first-order valence-corrected chi connectivity index (χ1v) is 19.6. The first-order valence-electron chi connectivity index (χ1n) is 19.6. The molecule has 1 heterocycles. The summed E-state index contributed by atoms with van der Waals surface area (Å²) in [6.45, 7) is 6.71. The van der Waals surface area contributed by atoms with Gasteiger partial charge < -0.3 is 36.6 Å². The molecule has 0 bridgehead atoms. The summed E-state index contributed by atoms with van der Waals surface area (Å²) in [6, 6.07) is 16.0. The highest BCUT2D eigenvalue weighted by atomic mass is 16.4. The Kier molecular flexibility index (Phi) is 15.6. The fraction of sp³-hybridized carbons (Fsp3) is 0.442. The number of nitrogens with one attached hydrogen (secondary N) is 3. The van der Waals surface area contributed by atoms with Gasteiger partial charge in [-0.2, -0.15) is 0 Å². The average Bonchev–Trinajstić information content (AvgIpc) is 3.53. The van der Waals surface area contributed by atoms with E-state index in [0.717, 1.165) is 21.2 Å². The third-order valence-electron chi connectivity index (χ3n) is 10.8. The molecule has 1 aliphatic rings. The van der Waals surface area contributed by atoms with E-state index in [1.54, 1.807) is 38.1 Å². The number of nitrogens with two attached hydrogens (primary N) is 1. The fourth-order valence-electron chi connectivity index (χ4n) is 7.04. The predicted molar refractivity (Wildman–Crippen MR) is 216 cm³/mol. The van der Waals surface area contributed by atoms with Crippen molar-refractivity contribution in [1.82, 2.24) is 25.8 Å². The van der Waals surface area contributed by atoms with Crippen LogP contribution in [0.25, 0.3) is 10.8 Å². The lowest BCUT2D eigenvalue weighted by Gasteiger charge is -2.33. The van der Waals surface area contributed by atoms with Gasteiger partial charge in [0.05, 0.1) is 19.4 Å². The Bertz CT molecular complexity index is 2020. The number of hydrogen-bond acceptors (Lipinski definition) is 8. The summed E-state index contributed by atoms with van der Waals surface area (Å²) >= 11 is 0. The van der Waals surface area contributed by atoms with E-state index in [1.165, 1.54) is 11.9 Å². The molecule has 1 saturated heterocycles. The van der Waals surface area contributed by atoms with Gasteiger partial charge in [0.15, 0.2) is 5.78 Å². The molecule has 3 aromatic carbocycles. The Balaban J connectivity index is 1.35. The molecule has 0 aromatic heterocycles. The van der Waals surface area contributed by atoms with E-state index in [9.17, 15) is 43.5 Å². The zero-order chi connectivity index (χ0) is 42.7. The van der Waals surface area contributed by atoms with Crippen LogP contribution in [0.4, 0.5) is 0 Å². The summed E-state index contributed by atoms with van der Waals surface area (Å²) in [4.78, 5) is 106. The molecule has 58 heavy (non-hydrogen) atoms. The molecule has 0 unspecified atom stereocenters. The molecule has 0 aliphatic carbocycles. The Morgan fingerprint density at radius 2 is 1.47 bits per heavy atom. The molecule has 1 fully saturated rings. The van der Waals surface area contributed by atoms with Gasteiger partial charge in [-0.1, -0.05) is 101 Å². The first-order chi connectivity index (χ1) is 27.5. The van der Waals surface area contributed by atoms with E-state index in [0.29, 0.717) is 24.0 Å². The number of carboxylic acid groups (broad SMARTS) is 1. The fourth-order valence-corrected chi connectivity index (χ4v) is 7.04. The summed E-state index contributed by atoms with van der Waals surface area (Å²) in [5, 5.41) is 19.4. The number of likely N-dealkylation sites (N-methyl/N-ethyl adjacent to an activating group) is 1. The van der Waals surface area contributed by atoms with Gasteiger partial charge in [0.1, 0.15) is 24.2 Å². The van der Waals surface area contributed by atoms with Crippen molar-refractivity contribution >= 4 is 58.0 Å². The lowest BCUT2D eigenvalue weighted by Crippen LogP contribution is -2.58. The van der Waals surface area contributed by atoms with Crippen LogP contribution in [0.1, 0.15) is 74.9 Å². The van der Waals surface area contributed by atoms with Gasteiger partial charge in [-0.3, -0.25) is 38.4 Å². The number of benzene rings is 3. The molecule has 310 valence electrons. The third-order valence-corrected chi connectivity index (χ3v) is 10.8. The van der Waals surface area contributed by atoms with Crippen LogP contribution in [0.3, 0.4) is 0 Å². The minimum atomic E-state index is -1.58. The number of amides is 6. The van der Waals surface area contributed by atoms with Crippen LogP contribution in [0.2, 0.25) is 0 Å². The number of likely N-dealkylation sites (tertiary alicyclic amines) is 1. The van der Waals surface area contributed by atoms with Gasteiger partial charge in [-0.05, 0) is 46.2 Å². The number of carboxylic acids is 1. The second-order valence-corrected chi connectivity index (χ2v) is 15.1. The zero-order valence-electron chi connectivity index (χ0n) is 33.7. The normalized spacial score (nSPS) is 16.4. The van der Waals surface area contributed by atoms with Crippen LogP contribution < -0.4 is 21.7 Å². The topological polar surface area (TPSA) is 225 Å². The summed E-state index contributed by atoms with van der Waals surface area (Å²) < 4.78 is 0. The van der Waals surface area contributed by atoms with Gasteiger partial charge in [-0.25, -0.2) is 0 Å². The number of aliphatic carboxylic acids is 1. The average molecular weight is 799 g/mol. The molecule has 6 atom stereocenters. The van der Waals surface area contributed by atoms with Crippen molar-refractivity contribution in [2.24, 2.45) is 17.6 Å². The number of ketones is 1. The summed E-state index contributed by atoms with van der Waals surface area (Å²) in [5.74, 6) is -6.06. The minimum absolute atomic E-state index is 0.0245. The molecule has 0 saturated carbocycles. The van der Waals surface area contributed by atoms with Crippen molar-refractivity contribution in [3.05, 3.63) is 83.4 Å². The molecule has 4 rings (SSSR count). The molecule has 6 N–H and O–H groups in total. The highest BCUT2D eigenvalue weighted by Crippen LogP contribution is 2.23. The molecular weight excluding hydrogens is 745 g/mol. The van der Waals surface area contributed by atoms with Crippen LogP contribution in [-0.2, 0) is 46.4 Å². The summed E-state index contributed by atoms with van der Waals surface area (Å²) in [7, 11) is 1.26. The second-order valence-electron chi connectivity index (χ2n) is 15.1. The second kappa shape index (κ2) is 20.3. The maximum Gasteiger partial charge on any atom is 0.305 e. The molecule has 1 aliphatic heterocycles. The SMILES string of the molecule is CC[C@H](C)[C@H](NC(=O)CN(C)C(=O)[C@H](CC(=O)O)NC(=O)[C@H]([C@@H](C)CC)N1CC[C@@H](NC(=O)Cc2ccc(CC(=O)c3ccc4ccccc4c3)cc2)C1=O)C(N)=O. The van der Waals surface area contributed by atoms with E-state index in [1.807, 2.05) is 56.3 Å². The largest absolute Gasteiger partial charge is 0.481 e. The molecule has 0 radical (unpaired) electrons. The molecule has 6 amide bonds. The van der Waals surface area contributed by atoms with Crippen LogP contribution >= 0.6 is 0 Å². The molecule has 0 spiro atoms. The van der Waals surface area contributed by atoms with Crippen molar-refractivity contribution in [1.29, 1.82) is 0 Å². The Morgan fingerprint density at radius 3 is 2.07 bits per heavy atom. The monoisotopic (exact) mass is 798 g/mol. The minimum Gasteiger partial charge on any atom is -0.481 e. The molecule has 3 aromatic rings. The van der Waals surface area contributed by atoms with Crippen LogP contribution in [-0.4, -0.2) is 106 Å². The number of Topliss-reactive ketones (excluding diaryl/α,β-unsaturated/α-hetero) is 1. The van der Waals surface area contributed by atoms with E-state index in [4.69, 9.17) is 5.73 Å². The van der Waals surface area contributed by atoms with Crippen LogP contribution in [0.15, 0.2) is 66.7 Å². The number of nitrogens with zero attached hydrogens (tertiary/aromatic N) is 2. The van der Waals surface area contributed by atoms with Crippen molar-refractivity contribution in [3.63, 3.8) is 0 Å². The van der Waals surface area contributed by atoms with E-state index < -0.39 is 84.5 Å². The van der Waals surface area contributed by atoms with Crippen molar-refractivity contribution in [2.45, 2.75) is 90.4 Å². The predicted octanol–water partition coefficient (Wildman–Crippen LogP) is 2.37. The lowest BCUT2D eigenvalue weighted by molar-refractivity contribution is -0.146. The number of rotatable bonds is 20. The standard InChI is InChI=1S/C43H54N6O9/c1-6-25(3)38(40(44)55)47-36(52)24-48(5)42(57)33(23-37(53)54)46-41(56)39(26(4)7-2)49-19-18-32(43(49)58)45-35(51)21-28-14-12-27(13-15-28)20-34(50)31-17-16-29-10-8-9-11-30(29)22-31/h8-17,22,25-26,32-33,38-39H,6-7,18-21,23-24H2,1-5H3,(H2,44,55)(H,45,51)(H,46,56)(H,47,52)(H,53,54)/t25-,26-,32+,33-,38-,39-/m0/s1. The molecule has 15 heteroatoms. The van der Waals surface area contributed by atoms with Crippen molar-refractivity contribution in [2.75, 3.05) is 20.1 Å². The Hall–Kier alpha value is -6.12. The highest BCUT2D eigenvalue weighted by molar-refractivity contribution is 6.01. The number of primary amides is 1. The number of fused-ring (bicyclic) bond motifs is 1. The smallest absolute Gasteiger partial charge is 0.305 e. The van der Waals surface area contributed by atoms with Crippen molar-refractivity contribution in [3.8, 4) is 0 Å². The quantitative estimate of drug-likeness (QED) is 0.106. The highest BCUT2D eigenvalue weighted by Gasteiger charge is 2.43. The van der Waals surface area contributed by atoms with Gasteiger partial charge in [0, 0.05) is 25.6 Å². The van der Waals surface area contributed by atoms with E-state index in [-0.39, 0.29) is 37.5 Å². The van der Waals surface area contributed by atoms with Crippen LogP contribution in [0, 0.1) is 11.8 Å². The van der Waals surface area contributed by atoms with E-state index >= 15 is 0 Å². The molecule has 15 nitrogen and oxygen atoms in total. The number of hydrogen-bond donors (Lipinski definition) is 5. The lowest BCUT2D eigenvalue weighted by atomic mass is 9.96. The maximum absolute atomic E-state index is 13.8. The van der Waals surface area contributed by atoms with Gasteiger partial charge in [0.2, 0.25) is 35.4 Å². The Labute approximate surface area is 338 Å². The summed E-state index contributed by atoms with van der Waals surface area (Å²) in [6.07, 6.45) is 0.598. The maximum atomic E-state index is 13.8. The van der Waals surface area contributed by atoms with Gasteiger partial charge in [0.25, 0.3) is 0 Å². The summed E-state index contributed by atoms with van der Waals surface area (Å²) in [5.41, 5.74) is 7.52. The number of carbonyl (C=O) groups excluding carboxylic acids is 7. The first kappa shape index (κ1) is 44.6. The van der Waals surface area contributed by atoms with E-state index in [2.05, 4.69) is 16.0 Å². The van der Waals surface area contributed by atoms with Crippen LogP contribution in [0.5, 0.6) is 0 Å². The third kappa shape index (κ3) is 11.7.